The predicted molar refractivity (Wildman–Crippen MR) is 94.3 cm³/mol. The molecule has 0 N–H and O–H groups in total. The average molecular weight is 373 g/mol. The Bertz CT molecular complexity index is 900. The average Bonchev–Trinajstić information content (AvgIpc) is 3.41. The van der Waals surface area contributed by atoms with Gasteiger partial charge in [-0.2, -0.15) is 18.3 Å². The first kappa shape index (κ1) is 17.6. The van der Waals surface area contributed by atoms with Crippen molar-refractivity contribution in [3.63, 3.8) is 0 Å². The minimum absolute atomic E-state index is 0.0853. The monoisotopic (exact) mass is 373 g/mol. The lowest BCUT2D eigenvalue weighted by atomic mass is 10.2. The fourth-order valence-corrected chi connectivity index (χ4v) is 2.85. The molecule has 7 heteroatoms. The summed E-state index contributed by atoms with van der Waals surface area (Å²) in [7, 11) is 0. The van der Waals surface area contributed by atoms with Gasteiger partial charge >= 0.3 is 6.18 Å². The molecule has 0 saturated heterocycles. The van der Waals surface area contributed by atoms with Gasteiger partial charge in [0.2, 0.25) is 0 Å². The first-order valence-corrected chi connectivity index (χ1v) is 8.76. The van der Waals surface area contributed by atoms with Crippen molar-refractivity contribution in [2.75, 3.05) is 0 Å². The van der Waals surface area contributed by atoms with E-state index in [1.807, 2.05) is 30.3 Å². The summed E-state index contributed by atoms with van der Waals surface area (Å²) in [5, 5.41) is 4.10. The standard InChI is InChI=1S/C20H18F3N3O/c21-20(22,23)13-26-19(16-6-7-16)24-18(25-26)15-8-10-17(11-9-15)27-12-14-4-2-1-3-5-14/h1-5,8-11,16H,6-7,12-13H2. The summed E-state index contributed by atoms with van der Waals surface area (Å²) in [4.78, 5) is 4.36. The van der Waals surface area contributed by atoms with Crippen LogP contribution in [-0.4, -0.2) is 20.9 Å². The Morgan fingerprint density at radius 1 is 1.00 bits per heavy atom. The molecule has 4 nitrogen and oxygen atoms in total. The van der Waals surface area contributed by atoms with E-state index in [0.29, 0.717) is 29.6 Å². The molecule has 1 saturated carbocycles. The predicted octanol–water partition coefficient (Wildman–Crippen LogP) is 4.96. The Hall–Kier alpha value is -2.83. The molecule has 1 fully saturated rings. The van der Waals surface area contributed by atoms with Gasteiger partial charge in [0.1, 0.15) is 24.7 Å². The number of aromatic nitrogens is 3. The highest BCUT2D eigenvalue weighted by Crippen LogP contribution is 2.40. The fraction of sp³-hybridized carbons (Fsp3) is 0.300. The highest BCUT2D eigenvalue weighted by molar-refractivity contribution is 5.56. The first-order chi connectivity index (χ1) is 13.0. The second-order valence-corrected chi connectivity index (χ2v) is 6.64. The molecule has 1 aromatic heterocycles. The normalized spacial score (nSPS) is 14.3. The molecule has 2 aromatic carbocycles. The van der Waals surface area contributed by atoms with Crippen molar-refractivity contribution >= 4 is 0 Å². The van der Waals surface area contributed by atoms with Gasteiger partial charge in [-0.05, 0) is 42.7 Å². The summed E-state index contributed by atoms with van der Waals surface area (Å²) < 4.78 is 45.1. The number of hydrogen-bond acceptors (Lipinski definition) is 3. The molecule has 0 atom stereocenters. The molecule has 4 rings (SSSR count). The van der Waals surface area contributed by atoms with E-state index in [1.165, 1.54) is 0 Å². The quantitative estimate of drug-likeness (QED) is 0.613. The molecular weight excluding hydrogens is 355 g/mol. The zero-order chi connectivity index (χ0) is 18.9. The Kier molecular flexibility index (Phi) is 4.59. The summed E-state index contributed by atoms with van der Waals surface area (Å²) in [5.74, 6) is 1.50. The largest absolute Gasteiger partial charge is 0.489 e. The Balaban J connectivity index is 1.49. The van der Waals surface area contributed by atoms with Crippen LogP contribution in [0, 0.1) is 0 Å². The molecule has 0 amide bonds. The van der Waals surface area contributed by atoms with Crippen molar-refractivity contribution in [1.29, 1.82) is 0 Å². The van der Waals surface area contributed by atoms with E-state index in [0.717, 1.165) is 23.1 Å². The van der Waals surface area contributed by atoms with Crippen molar-refractivity contribution in [2.24, 2.45) is 0 Å². The SMILES string of the molecule is FC(F)(F)Cn1nc(-c2ccc(OCc3ccccc3)cc2)nc1C1CC1. The maximum Gasteiger partial charge on any atom is 0.408 e. The maximum absolute atomic E-state index is 12.8. The minimum Gasteiger partial charge on any atom is -0.489 e. The lowest BCUT2D eigenvalue weighted by Crippen LogP contribution is -2.20. The van der Waals surface area contributed by atoms with Crippen LogP contribution in [0.2, 0.25) is 0 Å². The second-order valence-electron chi connectivity index (χ2n) is 6.64. The van der Waals surface area contributed by atoms with Gasteiger partial charge in [0.05, 0.1) is 0 Å². The molecule has 0 radical (unpaired) electrons. The highest BCUT2D eigenvalue weighted by Gasteiger charge is 2.35. The van der Waals surface area contributed by atoms with Gasteiger partial charge in [0.15, 0.2) is 5.82 Å². The summed E-state index contributed by atoms with van der Waals surface area (Å²) in [6.45, 7) is -0.658. The smallest absolute Gasteiger partial charge is 0.408 e. The van der Waals surface area contributed by atoms with Crippen LogP contribution >= 0.6 is 0 Å². The van der Waals surface area contributed by atoms with Crippen LogP contribution in [0.15, 0.2) is 54.6 Å². The van der Waals surface area contributed by atoms with Gasteiger partial charge in [-0.25, -0.2) is 9.67 Å². The summed E-state index contributed by atoms with van der Waals surface area (Å²) in [6.07, 6.45) is -2.59. The topological polar surface area (TPSA) is 39.9 Å². The molecule has 1 heterocycles. The number of halogens is 3. The molecule has 0 aliphatic heterocycles. The van der Waals surface area contributed by atoms with Gasteiger partial charge in [-0.3, -0.25) is 0 Å². The van der Waals surface area contributed by atoms with Crippen molar-refractivity contribution in [3.8, 4) is 17.1 Å². The third kappa shape index (κ3) is 4.48. The van der Waals surface area contributed by atoms with Crippen LogP contribution in [0.3, 0.4) is 0 Å². The summed E-state index contributed by atoms with van der Waals surface area (Å²) >= 11 is 0. The lowest BCUT2D eigenvalue weighted by Gasteiger charge is -2.08. The molecule has 1 aliphatic carbocycles. The fourth-order valence-electron chi connectivity index (χ4n) is 2.85. The number of nitrogens with zero attached hydrogens (tertiary/aromatic N) is 3. The van der Waals surface area contributed by atoms with E-state index in [2.05, 4.69) is 10.1 Å². The molecule has 0 unspecified atom stereocenters. The second kappa shape index (κ2) is 7.06. The third-order valence-electron chi connectivity index (χ3n) is 4.33. The molecule has 140 valence electrons. The van der Waals surface area contributed by atoms with E-state index in [9.17, 15) is 13.2 Å². The van der Waals surface area contributed by atoms with Gasteiger partial charge in [-0.1, -0.05) is 30.3 Å². The molecule has 3 aromatic rings. The van der Waals surface area contributed by atoms with Crippen molar-refractivity contribution in [2.45, 2.75) is 38.1 Å². The van der Waals surface area contributed by atoms with E-state index < -0.39 is 12.7 Å². The Morgan fingerprint density at radius 2 is 1.70 bits per heavy atom. The zero-order valence-electron chi connectivity index (χ0n) is 14.5. The maximum atomic E-state index is 12.8. The summed E-state index contributed by atoms with van der Waals surface area (Å²) in [6, 6.07) is 16.9. The van der Waals surface area contributed by atoms with Crippen molar-refractivity contribution in [1.82, 2.24) is 14.8 Å². The highest BCUT2D eigenvalue weighted by atomic mass is 19.4. The number of hydrogen-bond donors (Lipinski definition) is 0. The van der Waals surface area contributed by atoms with Crippen LogP contribution in [0.1, 0.15) is 30.1 Å². The minimum atomic E-state index is -4.32. The van der Waals surface area contributed by atoms with Crippen molar-refractivity contribution < 1.29 is 17.9 Å². The van der Waals surface area contributed by atoms with Gasteiger partial charge in [0, 0.05) is 11.5 Å². The Morgan fingerprint density at radius 3 is 2.33 bits per heavy atom. The van der Waals surface area contributed by atoms with Gasteiger partial charge < -0.3 is 4.74 Å². The van der Waals surface area contributed by atoms with E-state index in [4.69, 9.17) is 4.74 Å². The van der Waals surface area contributed by atoms with Crippen LogP contribution in [0.4, 0.5) is 13.2 Å². The lowest BCUT2D eigenvalue weighted by molar-refractivity contribution is -0.143. The zero-order valence-corrected chi connectivity index (χ0v) is 14.5. The summed E-state index contributed by atoms with van der Waals surface area (Å²) in [5.41, 5.74) is 1.73. The number of ether oxygens (including phenoxy) is 1. The molecular formula is C20H18F3N3O. The van der Waals surface area contributed by atoms with E-state index in [1.54, 1.807) is 24.3 Å². The van der Waals surface area contributed by atoms with Crippen molar-refractivity contribution in [3.05, 3.63) is 66.0 Å². The van der Waals surface area contributed by atoms with E-state index in [-0.39, 0.29) is 5.92 Å². The molecule has 1 aliphatic rings. The third-order valence-corrected chi connectivity index (χ3v) is 4.33. The number of rotatable bonds is 6. The molecule has 0 spiro atoms. The van der Waals surface area contributed by atoms with Crippen LogP contribution < -0.4 is 4.74 Å². The van der Waals surface area contributed by atoms with E-state index >= 15 is 0 Å². The number of alkyl halides is 3. The van der Waals surface area contributed by atoms with Crippen LogP contribution in [0.25, 0.3) is 11.4 Å². The van der Waals surface area contributed by atoms with Gasteiger partial charge in [-0.15, -0.1) is 0 Å². The Labute approximate surface area is 154 Å². The molecule has 0 bridgehead atoms. The first-order valence-electron chi connectivity index (χ1n) is 8.76. The van der Waals surface area contributed by atoms with Crippen LogP contribution in [0.5, 0.6) is 5.75 Å². The molecule has 27 heavy (non-hydrogen) atoms. The van der Waals surface area contributed by atoms with Gasteiger partial charge in [0.25, 0.3) is 0 Å². The van der Waals surface area contributed by atoms with Crippen LogP contribution in [-0.2, 0) is 13.2 Å². The number of benzene rings is 2.